The molecule has 0 bridgehead atoms. The van der Waals surface area contributed by atoms with Crippen LogP contribution in [0.15, 0.2) is 59.1 Å². The summed E-state index contributed by atoms with van der Waals surface area (Å²) in [5.74, 6) is -0.684. The first-order valence-corrected chi connectivity index (χ1v) is 11.5. The van der Waals surface area contributed by atoms with Crippen molar-refractivity contribution in [2.24, 2.45) is 0 Å². The maximum Gasteiger partial charge on any atom is 0.303 e. The van der Waals surface area contributed by atoms with Crippen molar-refractivity contribution in [3.05, 3.63) is 75.4 Å². The minimum absolute atomic E-state index is 0.142. The number of nitrogens with zero attached hydrogens (tertiary/aromatic N) is 2. The number of carbonyl (C=O) groups is 2. The molecule has 9 heteroatoms. The lowest BCUT2D eigenvalue weighted by molar-refractivity contribution is -0.142. The van der Waals surface area contributed by atoms with Gasteiger partial charge in [-0.15, -0.1) is 0 Å². The van der Waals surface area contributed by atoms with Crippen molar-refractivity contribution in [2.75, 3.05) is 6.61 Å². The Morgan fingerprint density at radius 2 is 1.94 bits per heavy atom. The minimum Gasteiger partial charge on any atom is -0.494 e. The summed E-state index contributed by atoms with van der Waals surface area (Å²) < 4.78 is 6.48. The van der Waals surface area contributed by atoms with Crippen molar-refractivity contribution in [3.8, 4) is 5.75 Å². The molecule has 1 aromatic heterocycles. The summed E-state index contributed by atoms with van der Waals surface area (Å²) >= 11 is 10.0. The number of halogens is 2. The summed E-state index contributed by atoms with van der Waals surface area (Å²) in [6, 6.07) is 14.6. The molecule has 1 aliphatic heterocycles. The van der Waals surface area contributed by atoms with E-state index in [1.54, 1.807) is 0 Å². The van der Waals surface area contributed by atoms with Crippen LogP contribution in [0.5, 0.6) is 5.75 Å². The summed E-state index contributed by atoms with van der Waals surface area (Å²) in [6.45, 7) is 2.45. The van der Waals surface area contributed by atoms with Gasteiger partial charge in [0.05, 0.1) is 24.2 Å². The maximum atomic E-state index is 12.9. The Balaban J connectivity index is 1.74. The van der Waals surface area contributed by atoms with Gasteiger partial charge in [-0.25, -0.2) is 9.99 Å². The number of fused-ring (bicyclic) bond motifs is 1. The van der Waals surface area contributed by atoms with Crippen molar-refractivity contribution in [1.82, 2.24) is 15.4 Å². The highest BCUT2D eigenvalue weighted by Gasteiger charge is 2.32. The Morgan fingerprint density at radius 3 is 2.64 bits per heavy atom. The molecular weight excluding hydrogens is 510 g/mol. The second-order valence-corrected chi connectivity index (χ2v) is 8.73. The Kier molecular flexibility index (Phi) is 6.85. The number of carboxylic acid groups (broad SMARTS) is 1. The predicted molar refractivity (Wildman–Crippen MR) is 130 cm³/mol. The normalized spacial score (nSPS) is 15.3. The van der Waals surface area contributed by atoms with Crippen LogP contribution in [0, 0.1) is 0 Å². The fourth-order valence-electron chi connectivity index (χ4n) is 3.64. The molecule has 33 heavy (non-hydrogen) atoms. The molecule has 2 heterocycles. The van der Waals surface area contributed by atoms with Gasteiger partial charge in [0.1, 0.15) is 16.9 Å². The van der Waals surface area contributed by atoms with E-state index in [1.807, 2.05) is 61.5 Å². The third-order valence-electron chi connectivity index (χ3n) is 5.22. The molecule has 0 saturated heterocycles. The average molecular weight is 531 g/mol. The lowest BCUT2D eigenvalue weighted by Gasteiger charge is -2.26. The molecule has 2 aromatic carbocycles. The number of amides is 1. The number of nitrogens with one attached hydrogen (secondary N) is 1. The minimum atomic E-state index is -1.03. The number of aromatic nitrogens is 1. The first-order chi connectivity index (χ1) is 15.9. The van der Waals surface area contributed by atoms with E-state index < -0.39 is 12.0 Å². The lowest BCUT2D eigenvalue weighted by Crippen LogP contribution is -2.39. The largest absolute Gasteiger partial charge is 0.494 e. The van der Waals surface area contributed by atoms with Crippen LogP contribution in [0.25, 0.3) is 16.6 Å². The van der Waals surface area contributed by atoms with Crippen LogP contribution in [-0.4, -0.2) is 33.6 Å². The van der Waals surface area contributed by atoms with E-state index in [4.69, 9.17) is 21.4 Å². The molecule has 0 aliphatic carbocycles. The third-order valence-corrected chi connectivity index (χ3v) is 6.05. The number of hydrazine groups is 1. The SMILES string of the molecule is CCOc1ccc2cc(C3C=C(c4ccc(Br)cc4)NN3C(=O)CCC(=O)O)c(Cl)nc2c1. The van der Waals surface area contributed by atoms with Gasteiger partial charge in [0.25, 0.3) is 0 Å². The molecule has 0 saturated carbocycles. The lowest BCUT2D eigenvalue weighted by atomic mass is 10.0. The molecule has 1 amide bonds. The van der Waals surface area contributed by atoms with Crippen molar-refractivity contribution in [2.45, 2.75) is 25.8 Å². The van der Waals surface area contributed by atoms with Gasteiger partial charge in [-0.05, 0) is 48.9 Å². The number of pyridine rings is 1. The van der Waals surface area contributed by atoms with Crippen LogP contribution in [-0.2, 0) is 9.59 Å². The van der Waals surface area contributed by atoms with Crippen LogP contribution in [0.1, 0.15) is 36.9 Å². The first kappa shape index (κ1) is 23.1. The number of carbonyl (C=O) groups excluding carboxylic acids is 1. The van der Waals surface area contributed by atoms with Crippen molar-refractivity contribution in [1.29, 1.82) is 0 Å². The fraction of sp³-hybridized carbons (Fsp3) is 0.208. The number of ether oxygens (including phenoxy) is 1. The number of carboxylic acids is 1. The van der Waals surface area contributed by atoms with E-state index in [2.05, 4.69) is 26.3 Å². The van der Waals surface area contributed by atoms with Gasteiger partial charge < -0.3 is 9.84 Å². The molecule has 3 aromatic rings. The second kappa shape index (κ2) is 9.80. The molecule has 170 valence electrons. The molecule has 0 radical (unpaired) electrons. The van der Waals surface area contributed by atoms with Gasteiger partial charge in [-0.2, -0.15) is 0 Å². The molecule has 1 unspecified atom stereocenters. The fourth-order valence-corrected chi connectivity index (χ4v) is 4.17. The average Bonchev–Trinajstić information content (AvgIpc) is 3.23. The van der Waals surface area contributed by atoms with Crippen molar-refractivity contribution >= 4 is 56.0 Å². The molecular formula is C24H21BrClN3O4. The zero-order valence-corrected chi connectivity index (χ0v) is 20.1. The van der Waals surface area contributed by atoms with Gasteiger partial charge in [0, 0.05) is 27.9 Å². The van der Waals surface area contributed by atoms with E-state index in [9.17, 15) is 9.59 Å². The van der Waals surface area contributed by atoms with Crippen molar-refractivity contribution < 1.29 is 19.4 Å². The van der Waals surface area contributed by atoms with Crippen molar-refractivity contribution in [3.63, 3.8) is 0 Å². The van der Waals surface area contributed by atoms with E-state index in [1.165, 1.54) is 5.01 Å². The second-order valence-electron chi connectivity index (χ2n) is 7.46. The highest BCUT2D eigenvalue weighted by molar-refractivity contribution is 9.10. The maximum absolute atomic E-state index is 12.9. The van der Waals surface area contributed by atoms with Gasteiger partial charge in [0.2, 0.25) is 5.91 Å². The zero-order chi connectivity index (χ0) is 23.5. The van der Waals surface area contributed by atoms with Crippen LogP contribution in [0.3, 0.4) is 0 Å². The smallest absolute Gasteiger partial charge is 0.303 e. The summed E-state index contributed by atoms with van der Waals surface area (Å²) in [4.78, 5) is 28.5. The quantitative estimate of drug-likeness (QED) is 0.401. The highest BCUT2D eigenvalue weighted by atomic mass is 79.9. The molecule has 2 N–H and O–H groups in total. The number of hydrogen-bond donors (Lipinski definition) is 2. The van der Waals surface area contributed by atoms with E-state index >= 15 is 0 Å². The summed E-state index contributed by atoms with van der Waals surface area (Å²) in [6.07, 6.45) is 1.49. The predicted octanol–water partition coefficient (Wildman–Crippen LogP) is 5.34. The van der Waals surface area contributed by atoms with E-state index in [0.29, 0.717) is 23.4 Å². The van der Waals surface area contributed by atoms with Crippen LogP contribution < -0.4 is 10.2 Å². The molecule has 1 aliphatic rings. The third kappa shape index (κ3) is 5.12. The van der Waals surface area contributed by atoms with Gasteiger partial charge in [0.15, 0.2) is 0 Å². The molecule has 4 rings (SSSR count). The molecule has 1 atom stereocenters. The number of aliphatic carboxylic acids is 1. The van der Waals surface area contributed by atoms with Crippen LogP contribution in [0.4, 0.5) is 0 Å². The molecule has 0 fully saturated rings. The Morgan fingerprint density at radius 1 is 1.18 bits per heavy atom. The van der Waals surface area contributed by atoms with Gasteiger partial charge in [-0.1, -0.05) is 39.7 Å². The number of hydrogen-bond acceptors (Lipinski definition) is 5. The standard InChI is InChI=1S/C24H21BrClN3O4/c1-2-33-17-8-5-15-11-18(24(26)27-19(15)12-17)21-13-20(14-3-6-16(25)7-4-14)28-29(21)22(30)9-10-23(31)32/h3-8,11-13,21,28H,2,9-10H2,1H3,(H,31,32). The first-order valence-electron chi connectivity index (χ1n) is 10.4. The summed E-state index contributed by atoms with van der Waals surface area (Å²) in [7, 11) is 0. The van der Waals surface area contributed by atoms with Gasteiger partial charge >= 0.3 is 5.97 Å². The summed E-state index contributed by atoms with van der Waals surface area (Å²) in [5.41, 5.74) is 6.05. The monoisotopic (exact) mass is 529 g/mol. The molecule has 0 spiro atoms. The van der Waals surface area contributed by atoms with Crippen LogP contribution in [0.2, 0.25) is 5.15 Å². The number of rotatable bonds is 7. The Labute approximate surface area is 204 Å². The van der Waals surface area contributed by atoms with Gasteiger partial charge in [-0.3, -0.25) is 15.0 Å². The molecule has 7 nitrogen and oxygen atoms in total. The number of benzene rings is 2. The Bertz CT molecular complexity index is 1250. The Hall–Kier alpha value is -3.10. The van der Waals surface area contributed by atoms with Crippen LogP contribution >= 0.6 is 27.5 Å². The van der Waals surface area contributed by atoms with E-state index in [-0.39, 0.29) is 23.9 Å². The topological polar surface area (TPSA) is 91.8 Å². The van der Waals surface area contributed by atoms with E-state index in [0.717, 1.165) is 21.1 Å². The zero-order valence-electron chi connectivity index (χ0n) is 17.7. The highest BCUT2D eigenvalue weighted by Crippen LogP contribution is 2.37. The summed E-state index contributed by atoms with van der Waals surface area (Å²) in [5, 5.41) is 11.5.